The van der Waals surface area contributed by atoms with Crippen LogP contribution < -0.4 is 10.6 Å². The van der Waals surface area contributed by atoms with Crippen LogP contribution in [-0.2, 0) is 19.2 Å². The van der Waals surface area contributed by atoms with Crippen LogP contribution in [0.25, 0.3) is 0 Å². The highest BCUT2D eigenvalue weighted by molar-refractivity contribution is 5.87. The van der Waals surface area contributed by atoms with Crippen molar-refractivity contribution in [2.45, 2.75) is 130 Å². The Morgan fingerprint density at radius 2 is 1.07 bits per heavy atom. The molecule has 44 heavy (non-hydrogen) atoms. The second kappa shape index (κ2) is 10.9. The van der Waals surface area contributed by atoms with Crippen molar-refractivity contribution in [2.75, 3.05) is 13.1 Å². The summed E-state index contributed by atoms with van der Waals surface area (Å²) in [5, 5.41) is 6.22. The van der Waals surface area contributed by atoms with Crippen LogP contribution in [0.1, 0.15) is 130 Å². The number of carbonyl (C=O) groups is 4. The second-order valence-electron chi connectivity index (χ2n) is 17.8. The lowest BCUT2D eigenvalue weighted by molar-refractivity contribution is -0.137. The van der Waals surface area contributed by atoms with Crippen LogP contribution in [0.4, 0.5) is 0 Å². The maximum atomic E-state index is 12.4. The molecule has 2 aliphatic heterocycles. The van der Waals surface area contributed by atoms with Gasteiger partial charge < -0.3 is 10.6 Å². The predicted molar refractivity (Wildman–Crippen MR) is 170 cm³/mol. The first-order valence-electron chi connectivity index (χ1n) is 18.5. The molecule has 0 aromatic rings. The molecule has 8 aliphatic rings. The summed E-state index contributed by atoms with van der Waals surface area (Å²) < 4.78 is 0. The third kappa shape index (κ3) is 4.60. The Morgan fingerprint density at radius 1 is 0.523 bits per heavy atom. The van der Waals surface area contributed by atoms with Crippen LogP contribution in [0.2, 0.25) is 0 Å². The third-order valence-electron chi connectivity index (χ3n) is 16.4. The van der Waals surface area contributed by atoms with Crippen molar-refractivity contribution in [3.05, 3.63) is 0 Å². The van der Waals surface area contributed by atoms with Gasteiger partial charge in [-0.3, -0.25) is 19.2 Å². The zero-order valence-electron chi connectivity index (χ0n) is 28.0. The fourth-order valence-electron chi connectivity index (χ4n) is 13.5. The van der Waals surface area contributed by atoms with Crippen LogP contribution in [0.3, 0.4) is 0 Å². The van der Waals surface area contributed by atoms with Crippen LogP contribution in [0, 0.1) is 69.0 Å². The first kappa shape index (κ1) is 30.9. The molecule has 0 bridgehead atoms. The summed E-state index contributed by atoms with van der Waals surface area (Å²) >= 11 is 0. The van der Waals surface area contributed by atoms with Crippen molar-refractivity contribution in [3.8, 4) is 0 Å². The number of nitrogens with one attached hydrogen (secondary N) is 2. The van der Waals surface area contributed by atoms with E-state index in [1.165, 1.54) is 38.5 Å². The van der Waals surface area contributed by atoms with E-state index in [-0.39, 0.29) is 22.6 Å². The van der Waals surface area contributed by atoms with Gasteiger partial charge >= 0.3 is 0 Å². The highest BCUT2D eigenvalue weighted by atomic mass is 16.2. The summed E-state index contributed by atoms with van der Waals surface area (Å²) in [6.45, 7) is 11.1. The van der Waals surface area contributed by atoms with E-state index in [0.717, 1.165) is 94.5 Å². The van der Waals surface area contributed by atoms with E-state index >= 15 is 0 Å². The Kier molecular flexibility index (Phi) is 7.68. The van der Waals surface area contributed by atoms with Gasteiger partial charge in [0.2, 0.25) is 11.8 Å². The molecule has 0 aromatic carbocycles. The summed E-state index contributed by atoms with van der Waals surface area (Å²) in [7, 11) is 0. The summed E-state index contributed by atoms with van der Waals surface area (Å²) in [5.74, 6) is 6.87. The molecule has 2 saturated heterocycles. The Morgan fingerprint density at radius 3 is 1.66 bits per heavy atom. The van der Waals surface area contributed by atoms with E-state index in [1.807, 2.05) is 0 Å². The number of ketones is 2. The normalized spacial score (nSPS) is 51.4. The highest BCUT2D eigenvalue weighted by Gasteiger charge is 2.61. The molecule has 6 heteroatoms. The monoisotopic (exact) mass is 606 g/mol. The quantitative estimate of drug-likeness (QED) is 0.323. The molecule has 2 amide bonds. The van der Waals surface area contributed by atoms with E-state index in [9.17, 15) is 19.2 Å². The average molecular weight is 607 g/mol. The number of amides is 2. The van der Waals surface area contributed by atoms with Gasteiger partial charge in [-0.15, -0.1) is 0 Å². The molecule has 0 radical (unpaired) electrons. The molecule has 6 aliphatic carbocycles. The molecule has 8 fully saturated rings. The standard InChI is InChI=1S/2C19H29NO2/c1-18-10-8-17(22)20-11-12(18)3-4-13-14-5-6-16(21)19(14,2)9-7-15(13)18;1-18-9-10-20-17(22)11-12(18)3-4-13-14-5-6-16(21)19(14,2)8-7-15(13)18/h2*12-15H,3-11H2,1-2H3,(H,20,22)/t2*12-,13-,14-,15-,18-,19-/m00/s1. The minimum absolute atomic E-state index is 0.0246. The van der Waals surface area contributed by atoms with Gasteiger partial charge in [0, 0.05) is 49.6 Å². The van der Waals surface area contributed by atoms with Crippen molar-refractivity contribution in [1.82, 2.24) is 10.6 Å². The van der Waals surface area contributed by atoms with Gasteiger partial charge in [-0.2, -0.15) is 0 Å². The average Bonchev–Trinajstić information content (AvgIpc) is 3.34. The Labute approximate surface area is 265 Å². The first-order valence-corrected chi connectivity index (χ1v) is 18.5. The molecular formula is C38H58N2O4. The smallest absolute Gasteiger partial charge is 0.220 e. The lowest BCUT2D eigenvalue weighted by Crippen LogP contribution is -2.52. The largest absolute Gasteiger partial charge is 0.356 e. The molecule has 2 N–H and O–H groups in total. The topological polar surface area (TPSA) is 92.3 Å². The van der Waals surface area contributed by atoms with E-state index < -0.39 is 0 Å². The number of carbonyl (C=O) groups excluding carboxylic acids is 4. The number of hydrogen-bond donors (Lipinski definition) is 2. The van der Waals surface area contributed by atoms with Crippen LogP contribution >= 0.6 is 0 Å². The van der Waals surface area contributed by atoms with E-state index in [1.54, 1.807) is 0 Å². The molecule has 2 heterocycles. The third-order valence-corrected chi connectivity index (χ3v) is 16.4. The van der Waals surface area contributed by atoms with Crippen molar-refractivity contribution in [3.63, 3.8) is 0 Å². The summed E-state index contributed by atoms with van der Waals surface area (Å²) in [6.07, 6.45) is 16.9. The van der Waals surface area contributed by atoms with Crippen molar-refractivity contribution in [1.29, 1.82) is 0 Å². The molecule has 6 saturated carbocycles. The zero-order chi connectivity index (χ0) is 31.1. The maximum Gasteiger partial charge on any atom is 0.220 e. The van der Waals surface area contributed by atoms with Crippen molar-refractivity contribution in [2.24, 2.45) is 69.0 Å². The van der Waals surface area contributed by atoms with Gasteiger partial charge in [-0.1, -0.05) is 27.7 Å². The van der Waals surface area contributed by atoms with Gasteiger partial charge in [-0.05, 0) is 135 Å². The predicted octanol–water partition coefficient (Wildman–Crippen LogP) is 6.65. The van der Waals surface area contributed by atoms with Gasteiger partial charge in [0.1, 0.15) is 11.6 Å². The Balaban J connectivity index is 0.000000142. The molecule has 0 spiro atoms. The Hall–Kier alpha value is -1.72. The molecule has 244 valence electrons. The van der Waals surface area contributed by atoms with Gasteiger partial charge in [0.25, 0.3) is 0 Å². The second-order valence-corrected chi connectivity index (χ2v) is 17.8. The minimum atomic E-state index is -0.0246. The van der Waals surface area contributed by atoms with Gasteiger partial charge in [0.05, 0.1) is 0 Å². The van der Waals surface area contributed by atoms with Crippen molar-refractivity contribution >= 4 is 23.4 Å². The minimum Gasteiger partial charge on any atom is -0.356 e. The van der Waals surface area contributed by atoms with Crippen LogP contribution in [0.15, 0.2) is 0 Å². The molecular weight excluding hydrogens is 548 g/mol. The van der Waals surface area contributed by atoms with Crippen LogP contribution in [0.5, 0.6) is 0 Å². The molecule has 12 atom stereocenters. The van der Waals surface area contributed by atoms with E-state index in [0.29, 0.717) is 52.5 Å². The lowest BCUT2D eigenvalue weighted by atomic mass is 9.47. The number of Topliss-reactive ketones (excluding diaryl/α,β-unsaturated/α-hetero) is 2. The Bertz CT molecular complexity index is 1170. The maximum absolute atomic E-state index is 12.4. The SMILES string of the molecule is C[C@]12CCC(=O)NC[C@@H]1CC[C@@H]1[C@@H]2CC[C@]2(C)C(=O)CC[C@@H]12.C[C@]12CCNC(=O)C[C@@H]1CC[C@@H]1[C@@H]2CC[C@]2(C)C(=O)CC[C@@H]12. The summed E-state index contributed by atoms with van der Waals surface area (Å²) in [4.78, 5) is 48.6. The lowest BCUT2D eigenvalue weighted by Gasteiger charge is -2.57. The van der Waals surface area contributed by atoms with E-state index in [4.69, 9.17) is 0 Å². The number of rotatable bonds is 0. The fourth-order valence-corrected chi connectivity index (χ4v) is 13.5. The zero-order valence-corrected chi connectivity index (χ0v) is 28.0. The van der Waals surface area contributed by atoms with Crippen LogP contribution in [-0.4, -0.2) is 36.5 Å². The molecule has 8 rings (SSSR count). The fraction of sp³-hybridized carbons (Fsp3) is 0.895. The number of fused-ring (bicyclic) bond motifs is 10. The summed E-state index contributed by atoms with van der Waals surface area (Å²) in [6, 6.07) is 0. The van der Waals surface area contributed by atoms with Gasteiger partial charge in [0.15, 0.2) is 0 Å². The summed E-state index contributed by atoms with van der Waals surface area (Å²) in [5.41, 5.74) is 0.552. The van der Waals surface area contributed by atoms with Crippen molar-refractivity contribution < 1.29 is 19.2 Å². The highest BCUT2D eigenvalue weighted by Crippen LogP contribution is 2.65. The number of hydrogen-bond acceptors (Lipinski definition) is 4. The van der Waals surface area contributed by atoms with E-state index in [2.05, 4.69) is 38.3 Å². The van der Waals surface area contributed by atoms with Gasteiger partial charge in [-0.25, -0.2) is 0 Å². The molecule has 0 unspecified atom stereocenters. The molecule has 0 aromatic heterocycles. The first-order chi connectivity index (χ1) is 20.9. The molecule has 6 nitrogen and oxygen atoms in total.